The van der Waals surface area contributed by atoms with Crippen LogP contribution in [0.15, 0.2) is 6.20 Å². The number of thiophene rings is 1. The topological polar surface area (TPSA) is 149 Å². The van der Waals surface area contributed by atoms with Gasteiger partial charge in [0.1, 0.15) is 22.4 Å². The van der Waals surface area contributed by atoms with E-state index < -0.39 is 11.6 Å². The number of halogens is 2. The van der Waals surface area contributed by atoms with Crippen molar-refractivity contribution in [3.63, 3.8) is 0 Å². The van der Waals surface area contributed by atoms with Crippen LogP contribution in [-0.2, 0) is 18.0 Å². The molecule has 4 aromatic rings. The predicted molar refractivity (Wildman–Crippen MR) is 175 cm³/mol. The monoisotopic (exact) mass is 669 g/mol. The van der Waals surface area contributed by atoms with Gasteiger partial charge in [0.2, 0.25) is 0 Å². The fraction of sp³-hybridized carbons (Fsp3) is 0.500. The highest BCUT2D eigenvalue weighted by Gasteiger charge is 2.46. The molecule has 0 radical (unpaired) electrons. The third-order valence-electron chi connectivity index (χ3n) is 10.9. The van der Waals surface area contributed by atoms with E-state index in [1.54, 1.807) is 0 Å². The number of piperazine rings is 1. The van der Waals surface area contributed by atoms with Crippen LogP contribution in [-0.4, -0.2) is 71.3 Å². The lowest BCUT2D eigenvalue weighted by Gasteiger charge is -2.37. The van der Waals surface area contributed by atoms with Crippen LogP contribution >= 0.6 is 11.3 Å². The lowest BCUT2D eigenvalue weighted by Crippen LogP contribution is -2.52. The fourth-order valence-corrected chi connectivity index (χ4v) is 9.22. The zero-order valence-electron chi connectivity index (χ0n) is 26.2. The van der Waals surface area contributed by atoms with E-state index in [0.717, 1.165) is 87.9 Å². The van der Waals surface area contributed by atoms with Crippen LogP contribution in [0.2, 0.25) is 0 Å². The highest BCUT2D eigenvalue weighted by atomic mass is 32.1. The largest absolute Gasteiger partial charge is 0.463 e. The van der Waals surface area contributed by atoms with Crippen molar-refractivity contribution in [1.29, 1.82) is 10.5 Å². The molecule has 1 aliphatic carbocycles. The van der Waals surface area contributed by atoms with Crippen molar-refractivity contribution in [3.05, 3.63) is 34.5 Å². The maximum absolute atomic E-state index is 17.3. The highest BCUT2D eigenvalue weighted by molar-refractivity contribution is 7.23. The maximum Gasteiger partial charge on any atom is 0.319 e. The fourth-order valence-electron chi connectivity index (χ4n) is 8.30. The Labute approximate surface area is 279 Å². The molecule has 246 valence electrons. The first-order valence-corrected chi connectivity index (χ1v) is 17.3. The van der Waals surface area contributed by atoms with Crippen molar-refractivity contribution in [2.24, 2.45) is 11.3 Å². The van der Waals surface area contributed by atoms with E-state index in [2.05, 4.69) is 32.2 Å². The lowest BCUT2D eigenvalue weighted by atomic mass is 9.93. The number of hydrogen-bond donors (Lipinski definition) is 2. The second-order valence-electron chi connectivity index (χ2n) is 13.9. The smallest absolute Gasteiger partial charge is 0.319 e. The number of nitrogens with zero attached hydrogens (tertiary/aromatic N) is 7. The van der Waals surface area contributed by atoms with Gasteiger partial charge in [0.05, 0.1) is 59.3 Å². The highest BCUT2D eigenvalue weighted by Crippen LogP contribution is 2.49. The molecular weight excluding hydrogens is 636 g/mol. The third kappa shape index (κ3) is 4.61. The van der Waals surface area contributed by atoms with Crippen molar-refractivity contribution < 1.29 is 18.3 Å². The number of benzene rings is 1. The van der Waals surface area contributed by atoms with Gasteiger partial charge in [-0.3, -0.25) is 4.98 Å². The first-order valence-electron chi connectivity index (χ1n) is 16.5. The van der Waals surface area contributed by atoms with E-state index in [1.807, 2.05) is 0 Å². The number of aromatic nitrogens is 3. The Balaban J connectivity index is 1.20. The molecule has 5 aliphatic rings. The molecule has 0 amide bonds. The van der Waals surface area contributed by atoms with Crippen LogP contribution in [0.1, 0.15) is 48.8 Å². The third-order valence-corrected chi connectivity index (χ3v) is 11.9. The maximum atomic E-state index is 17.3. The molecule has 9 rings (SSSR count). The predicted octanol–water partition coefficient (Wildman–Crippen LogP) is 4.61. The number of likely N-dealkylation sites (tertiary alicyclic amines) is 1. The SMILES string of the molecule is N#Cc1c(N)sc2c(F)cnc(-c3c4c(c5c(N6C7CCC6CNC7)nc(OCC6(CN7CC[C@H](C#N)C7)CC6)nc5c3F)COC4)c12. The number of hydrogen-bond acceptors (Lipinski definition) is 12. The first-order chi connectivity index (χ1) is 23.4. The number of anilines is 2. The van der Waals surface area contributed by atoms with Gasteiger partial charge in [-0.25, -0.2) is 8.78 Å². The summed E-state index contributed by atoms with van der Waals surface area (Å²) in [6.45, 7) is 4.85. The van der Waals surface area contributed by atoms with E-state index in [1.165, 1.54) is 0 Å². The summed E-state index contributed by atoms with van der Waals surface area (Å²) in [6.07, 6.45) is 5.93. The van der Waals surface area contributed by atoms with Gasteiger partial charge >= 0.3 is 6.01 Å². The molecule has 1 saturated carbocycles. The van der Waals surface area contributed by atoms with Crippen LogP contribution in [0.5, 0.6) is 6.01 Å². The van der Waals surface area contributed by atoms with Crippen LogP contribution < -0.4 is 20.7 Å². The number of nitriles is 2. The van der Waals surface area contributed by atoms with Crippen LogP contribution in [0.3, 0.4) is 0 Å². The molecule has 11 nitrogen and oxygen atoms in total. The summed E-state index contributed by atoms with van der Waals surface area (Å²) in [7, 11) is 0. The molecule has 3 aromatic heterocycles. The second-order valence-corrected chi connectivity index (χ2v) is 14.9. The molecule has 14 heteroatoms. The van der Waals surface area contributed by atoms with Gasteiger partial charge in [-0.05, 0) is 49.8 Å². The summed E-state index contributed by atoms with van der Waals surface area (Å²) in [6, 6.07) is 4.96. The molecule has 48 heavy (non-hydrogen) atoms. The van der Waals surface area contributed by atoms with Crippen LogP contribution in [0, 0.1) is 45.6 Å². The van der Waals surface area contributed by atoms with E-state index in [4.69, 9.17) is 25.2 Å². The van der Waals surface area contributed by atoms with Gasteiger partial charge in [-0.1, -0.05) is 0 Å². The van der Waals surface area contributed by atoms with Crippen molar-refractivity contribution in [2.45, 2.75) is 57.4 Å². The number of nitrogens with two attached hydrogens (primary N) is 1. The Bertz CT molecular complexity index is 2070. The Morgan fingerprint density at radius 2 is 1.90 bits per heavy atom. The van der Waals surface area contributed by atoms with E-state index in [0.29, 0.717) is 23.4 Å². The van der Waals surface area contributed by atoms with Crippen LogP contribution in [0.25, 0.3) is 32.2 Å². The number of nitrogen functional groups attached to an aromatic ring is 1. The minimum absolute atomic E-state index is 0.0530. The Hall–Kier alpha value is -4.21. The van der Waals surface area contributed by atoms with E-state index in [9.17, 15) is 14.9 Å². The lowest BCUT2D eigenvalue weighted by molar-refractivity contribution is 0.135. The van der Waals surface area contributed by atoms with Gasteiger partial charge in [-0.2, -0.15) is 20.5 Å². The molecular formula is C34H33F2N9O2S. The van der Waals surface area contributed by atoms with Gasteiger partial charge in [0, 0.05) is 54.6 Å². The second kappa shape index (κ2) is 11.2. The normalized spacial score (nSPS) is 24.2. The van der Waals surface area contributed by atoms with Gasteiger partial charge < -0.3 is 30.3 Å². The quantitative estimate of drug-likeness (QED) is 0.284. The summed E-state index contributed by atoms with van der Waals surface area (Å²) in [5.41, 5.74) is 7.87. The molecule has 4 fully saturated rings. The summed E-state index contributed by atoms with van der Waals surface area (Å²) >= 11 is 0.949. The zero-order chi connectivity index (χ0) is 32.7. The average molecular weight is 670 g/mol. The molecule has 3 N–H and O–H groups in total. The van der Waals surface area contributed by atoms with Gasteiger partial charge in [0.15, 0.2) is 11.6 Å². The van der Waals surface area contributed by atoms with Crippen molar-refractivity contribution in [2.75, 3.05) is 50.0 Å². The van der Waals surface area contributed by atoms with Crippen molar-refractivity contribution in [1.82, 2.24) is 25.2 Å². The number of ether oxygens (including phenoxy) is 2. The summed E-state index contributed by atoms with van der Waals surface area (Å²) < 4.78 is 44.8. The number of fused-ring (bicyclic) bond motifs is 6. The molecule has 1 aromatic carbocycles. The average Bonchev–Trinajstić information content (AvgIpc) is 3.42. The Morgan fingerprint density at radius 3 is 2.62 bits per heavy atom. The Morgan fingerprint density at radius 1 is 1.10 bits per heavy atom. The van der Waals surface area contributed by atoms with E-state index >= 15 is 4.39 Å². The van der Waals surface area contributed by atoms with Crippen LogP contribution in [0.4, 0.5) is 19.6 Å². The Kier molecular flexibility index (Phi) is 6.96. The summed E-state index contributed by atoms with van der Waals surface area (Å²) in [5.74, 6) is -0.550. The van der Waals surface area contributed by atoms with E-state index in [-0.39, 0.29) is 80.1 Å². The van der Waals surface area contributed by atoms with Gasteiger partial charge in [0.25, 0.3) is 0 Å². The first kappa shape index (κ1) is 29.9. The zero-order valence-corrected chi connectivity index (χ0v) is 27.0. The number of rotatable bonds is 7. The number of nitrogens with one attached hydrogen (secondary N) is 1. The molecule has 2 bridgehead atoms. The summed E-state index contributed by atoms with van der Waals surface area (Å²) in [4.78, 5) is 18.8. The molecule has 7 heterocycles. The minimum atomic E-state index is -0.639. The molecule has 2 unspecified atom stereocenters. The molecule has 3 saturated heterocycles. The minimum Gasteiger partial charge on any atom is -0.463 e. The van der Waals surface area contributed by atoms with Crippen molar-refractivity contribution in [3.8, 4) is 29.4 Å². The molecule has 4 aliphatic heterocycles. The molecule has 3 atom stereocenters. The van der Waals surface area contributed by atoms with Gasteiger partial charge in [-0.15, -0.1) is 11.3 Å². The number of pyridine rings is 1. The van der Waals surface area contributed by atoms with Crippen molar-refractivity contribution >= 4 is 43.1 Å². The standard InChI is InChI=1S/C34H33F2N9O2S/c35-23-11-41-28(25-20(8-38)31(39)48-30(23)25)24-21-13-46-14-22(21)26-29(27(24)36)42-33(43-32(26)45-18-1-2-19(45)10-40-9-18)47-16-34(4-5-34)15-44-6-3-17(7-37)12-44/h11,17-19,40H,1-6,9-10,12-16,39H2/t17-,18?,19?/m1/s1. The summed E-state index contributed by atoms with van der Waals surface area (Å²) in [5, 5.41) is 23.8. The molecule has 0 spiro atoms.